The Bertz CT molecular complexity index is 972. The lowest BCUT2D eigenvalue weighted by Crippen LogP contribution is -2.42. The second-order valence-electron chi connectivity index (χ2n) is 7.57. The highest BCUT2D eigenvalue weighted by molar-refractivity contribution is 7.91. The number of carbonyl (C=O) groups is 1. The van der Waals surface area contributed by atoms with Crippen LogP contribution in [0.15, 0.2) is 30.3 Å². The standard InChI is InChI=1S/C20H26ClN3O4S/c1-3-13(2)18(11-25)22-20(26)17-10-19(14-4-6-15(21)7-5-14)24(23-17)16-8-9-29(27,28)12-16/h4-7,10,13,16,18,25H,3,8-9,11-12H2,1-2H3,(H,22,26)/t13-,16-,18-/m0/s1. The molecule has 0 aliphatic carbocycles. The van der Waals surface area contributed by atoms with Crippen LogP contribution in [0.5, 0.6) is 0 Å². The van der Waals surface area contributed by atoms with Crippen molar-refractivity contribution in [3.05, 3.63) is 41.0 Å². The van der Waals surface area contributed by atoms with E-state index in [0.29, 0.717) is 17.1 Å². The fourth-order valence-electron chi connectivity index (χ4n) is 3.48. The van der Waals surface area contributed by atoms with E-state index in [4.69, 9.17) is 11.6 Å². The van der Waals surface area contributed by atoms with Crippen LogP contribution in [-0.4, -0.2) is 53.4 Å². The zero-order chi connectivity index (χ0) is 21.2. The molecule has 158 valence electrons. The highest BCUT2D eigenvalue weighted by atomic mass is 35.5. The van der Waals surface area contributed by atoms with Gasteiger partial charge in [-0.25, -0.2) is 8.42 Å². The van der Waals surface area contributed by atoms with Crippen LogP contribution in [0.1, 0.15) is 43.2 Å². The molecule has 3 rings (SSSR count). The number of halogens is 1. The van der Waals surface area contributed by atoms with E-state index in [2.05, 4.69) is 10.4 Å². The number of sulfone groups is 1. The largest absolute Gasteiger partial charge is 0.394 e. The van der Waals surface area contributed by atoms with E-state index < -0.39 is 9.84 Å². The van der Waals surface area contributed by atoms with Gasteiger partial charge in [-0.05, 0) is 36.1 Å². The lowest BCUT2D eigenvalue weighted by Gasteiger charge is -2.21. The monoisotopic (exact) mass is 439 g/mol. The average molecular weight is 440 g/mol. The molecule has 1 aliphatic rings. The molecule has 1 amide bonds. The maximum Gasteiger partial charge on any atom is 0.272 e. The zero-order valence-electron chi connectivity index (χ0n) is 16.5. The van der Waals surface area contributed by atoms with Gasteiger partial charge in [-0.3, -0.25) is 9.48 Å². The quantitative estimate of drug-likeness (QED) is 0.690. The fraction of sp³-hybridized carbons (Fsp3) is 0.500. The first-order valence-electron chi connectivity index (χ1n) is 9.71. The first kappa shape index (κ1) is 21.8. The van der Waals surface area contributed by atoms with Crippen LogP contribution in [0.3, 0.4) is 0 Å². The molecule has 29 heavy (non-hydrogen) atoms. The van der Waals surface area contributed by atoms with E-state index in [1.807, 2.05) is 26.0 Å². The third-order valence-electron chi connectivity index (χ3n) is 5.51. The van der Waals surface area contributed by atoms with Gasteiger partial charge in [-0.1, -0.05) is 44.0 Å². The number of aliphatic hydroxyl groups is 1. The normalized spacial score (nSPS) is 20.3. The Hall–Kier alpha value is -1.90. The minimum Gasteiger partial charge on any atom is -0.394 e. The molecule has 1 aliphatic heterocycles. The molecule has 0 unspecified atom stereocenters. The Kier molecular flexibility index (Phi) is 6.65. The Balaban J connectivity index is 1.96. The Morgan fingerprint density at radius 2 is 2.07 bits per heavy atom. The average Bonchev–Trinajstić information content (AvgIpc) is 3.29. The predicted molar refractivity (Wildman–Crippen MR) is 113 cm³/mol. The van der Waals surface area contributed by atoms with Gasteiger partial charge in [-0.2, -0.15) is 5.10 Å². The molecular formula is C20H26ClN3O4S. The van der Waals surface area contributed by atoms with Crippen molar-refractivity contribution in [2.75, 3.05) is 18.1 Å². The third-order valence-corrected chi connectivity index (χ3v) is 7.51. The number of rotatable bonds is 7. The summed E-state index contributed by atoms with van der Waals surface area (Å²) in [6.45, 7) is 3.79. The van der Waals surface area contributed by atoms with Crippen LogP contribution in [0, 0.1) is 5.92 Å². The molecule has 1 fully saturated rings. The summed E-state index contributed by atoms with van der Waals surface area (Å²) >= 11 is 5.99. The van der Waals surface area contributed by atoms with Gasteiger partial charge >= 0.3 is 0 Å². The first-order chi connectivity index (χ1) is 13.7. The molecule has 1 aromatic heterocycles. The van der Waals surface area contributed by atoms with Crippen molar-refractivity contribution < 1.29 is 18.3 Å². The number of aromatic nitrogens is 2. The number of hydrogen-bond donors (Lipinski definition) is 2. The van der Waals surface area contributed by atoms with Gasteiger partial charge in [0.25, 0.3) is 5.91 Å². The van der Waals surface area contributed by atoms with Crippen LogP contribution in [0.2, 0.25) is 5.02 Å². The Morgan fingerprint density at radius 1 is 1.38 bits per heavy atom. The maximum atomic E-state index is 12.8. The van der Waals surface area contributed by atoms with E-state index in [1.165, 1.54) is 0 Å². The molecule has 9 heteroatoms. The topological polar surface area (TPSA) is 101 Å². The van der Waals surface area contributed by atoms with Crippen molar-refractivity contribution in [1.29, 1.82) is 0 Å². The number of nitrogens with zero attached hydrogens (tertiary/aromatic N) is 2. The number of amides is 1. The van der Waals surface area contributed by atoms with Crippen LogP contribution in [0.25, 0.3) is 11.3 Å². The molecule has 1 aromatic carbocycles. The van der Waals surface area contributed by atoms with Crippen molar-refractivity contribution in [3.8, 4) is 11.3 Å². The summed E-state index contributed by atoms with van der Waals surface area (Å²) in [5.74, 6) is -0.164. The number of aliphatic hydroxyl groups excluding tert-OH is 1. The molecule has 3 atom stereocenters. The summed E-state index contributed by atoms with van der Waals surface area (Å²) in [4.78, 5) is 12.8. The maximum absolute atomic E-state index is 12.8. The van der Waals surface area contributed by atoms with Crippen LogP contribution >= 0.6 is 11.6 Å². The summed E-state index contributed by atoms with van der Waals surface area (Å²) < 4.78 is 25.6. The van der Waals surface area contributed by atoms with Crippen molar-refractivity contribution in [3.63, 3.8) is 0 Å². The summed E-state index contributed by atoms with van der Waals surface area (Å²) in [6, 6.07) is 8.08. The molecule has 0 radical (unpaired) electrons. The van der Waals surface area contributed by atoms with Gasteiger partial charge in [0, 0.05) is 5.02 Å². The Labute approximate surface area is 176 Å². The second-order valence-corrected chi connectivity index (χ2v) is 10.2. The SMILES string of the molecule is CC[C@H](C)[C@H](CO)NC(=O)c1cc(-c2ccc(Cl)cc2)n([C@H]2CCS(=O)(=O)C2)n1. The number of carbonyl (C=O) groups excluding carboxylic acids is 1. The highest BCUT2D eigenvalue weighted by Gasteiger charge is 2.32. The van der Waals surface area contributed by atoms with Gasteiger partial charge in [0.2, 0.25) is 0 Å². The highest BCUT2D eigenvalue weighted by Crippen LogP contribution is 2.30. The van der Waals surface area contributed by atoms with Crippen molar-refractivity contribution in [2.45, 2.75) is 38.8 Å². The molecule has 0 saturated carbocycles. The summed E-state index contributed by atoms with van der Waals surface area (Å²) in [7, 11) is -3.11. The van der Waals surface area contributed by atoms with Crippen LogP contribution in [0.4, 0.5) is 0 Å². The van der Waals surface area contributed by atoms with Gasteiger partial charge in [0.15, 0.2) is 15.5 Å². The van der Waals surface area contributed by atoms with Crippen LogP contribution < -0.4 is 5.32 Å². The minimum atomic E-state index is -3.11. The molecule has 7 nitrogen and oxygen atoms in total. The molecule has 1 saturated heterocycles. The smallest absolute Gasteiger partial charge is 0.272 e. The van der Waals surface area contributed by atoms with E-state index in [-0.39, 0.29) is 47.7 Å². The summed E-state index contributed by atoms with van der Waals surface area (Å²) in [6.07, 6.45) is 1.27. The number of hydrogen-bond acceptors (Lipinski definition) is 5. The van der Waals surface area contributed by atoms with Crippen molar-refractivity contribution >= 4 is 27.3 Å². The minimum absolute atomic E-state index is 0.00244. The fourth-order valence-corrected chi connectivity index (χ4v) is 5.30. The van der Waals surface area contributed by atoms with Gasteiger partial charge in [0.05, 0.1) is 35.9 Å². The van der Waals surface area contributed by atoms with E-state index in [9.17, 15) is 18.3 Å². The summed E-state index contributed by atoms with van der Waals surface area (Å²) in [5.41, 5.74) is 1.66. The first-order valence-corrected chi connectivity index (χ1v) is 11.9. The molecule has 0 bridgehead atoms. The lowest BCUT2D eigenvalue weighted by atomic mass is 10.00. The second kappa shape index (κ2) is 8.85. The molecular weight excluding hydrogens is 414 g/mol. The molecule has 2 N–H and O–H groups in total. The van der Waals surface area contributed by atoms with Crippen molar-refractivity contribution in [2.24, 2.45) is 5.92 Å². The Morgan fingerprint density at radius 3 is 2.62 bits per heavy atom. The van der Waals surface area contributed by atoms with Crippen LogP contribution in [-0.2, 0) is 9.84 Å². The van der Waals surface area contributed by atoms with E-state index in [1.54, 1.807) is 22.9 Å². The zero-order valence-corrected chi connectivity index (χ0v) is 18.1. The number of nitrogens with one attached hydrogen (secondary N) is 1. The number of benzene rings is 1. The van der Waals surface area contributed by atoms with Gasteiger partial charge < -0.3 is 10.4 Å². The molecule has 2 aromatic rings. The molecule has 2 heterocycles. The lowest BCUT2D eigenvalue weighted by molar-refractivity contribution is 0.0885. The van der Waals surface area contributed by atoms with Crippen molar-refractivity contribution in [1.82, 2.24) is 15.1 Å². The summed E-state index contributed by atoms with van der Waals surface area (Å²) in [5, 5.41) is 17.5. The van der Waals surface area contributed by atoms with Gasteiger partial charge in [0.1, 0.15) is 0 Å². The van der Waals surface area contributed by atoms with Gasteiger partial charge in [-0.15, -0.1) is 0 Å². The third kappa shape index (κ3) is 4.99. The van der Waals surface area contributed by atoms with E-state index >= 15 is 0 Å². The predicted octanol–water partition coefficient (Wildman–Crippen LogP) is 2.70. The van der Waals surface area contributed by atoms with E-state index in [0.717, 1.165) is 12.0 Å². The molecule has 0 spiro atoms.